The van der Waals surface area contributed by atoms with E-state index in [1.807, 2.05) is 13.0 Å². The van der Waals surface area contributed by atoms with Crippen LogP contribution in [0.5, 0.6) is 11.5 Å². The number of nitrogens with zero attached hydrogens (tertiary/aromatic N) is 3. The average molecular weight is 434 g/mol. The molecular formula is C20H17F3N4O4. The number of nitro benzene ring substituents is 1. The second kappa shape index (κ2) is 8.46. The molecule has 1 heterocycles. The number of hydrogen-bond donors (Lipinski definition) is 1. The molecule has 0 aliphatic rings. The van der Waals surface area contributed by atoms with Crippen molar-refractivity contribution in [3.63, 3.8) is 0 Å². The van der Waals surface area contributed by atoms with E-state index in [0.717, 1.165) is 17.7 Å². The molecule has 11 heteroatoms. The minimum absolute atomic E-state index is 0.000658. The molecule has 0 saturated carbocycles. The van der Waals surface area contributed by atoms with Gasteiger partial charge >= 0.3 is 6.18 Å². The second-order valence-corrected chi connectivity index (χ2v) is 6.77. The van der Waals surface area contributed by atoms with Gasteiger partial charge in [0.15, 0.2) is 0 Å². The molecule has 3 aromatic rings. The maximum Gasteiger partial charge on any atom is 0.433 e. The molecule has 3 rings (SSSR count). The zero-order valence-corrected chi connectivity index (χ0v) is 16.4. The summed E-state index contributed by atoms with van der Waals surface area (Å²) in [6.45, 7) is 2.50. The maximum atomic E-state index is 13.1. The number of ether oxygens (including phenoxy) is 1. The van der Waals surface area contributed by atoms with Crippen LogP contribution in [-0.4, -0.2) is 20.6 Å². The first kappa shape index (κ1) is 21.8. The van der Waals surface area contributed by atoms with E-state index in [0.29, 0.717) is 10.4 Å². The highest BCUT2D eigenvalue weighted by Gasteiger charge is 2.35. The zero-order valence-electron chi connectivity index (χ0n) is 16.4. The highest BCUT2D eigenvalue weighted by molar-refractivity contribution is 5.91. The van der Waals surface area contributed by atoms with Gasteiger partial charge in [0.05, 0.1) is 22.4 Å². The minimum Gasteiger partial charge on any atom is -0.457 e. The van der Waals surface area contributed by atoms with Crippen LogP contribution in [0.15, 0.2) is 48.5 Å². The molecule has 0 aliphatic heterocycles. The summed E-state index contributed by atoms with van der Waals surface area (Å²) in [5.41, 5.74) is -0.413. The van der Waals surface area contributed by atoms with E-state index >= 15 is 0 Å². The summed E-state index contributed by atoms with van der Waals surface area (Å²) in [6, 6.07) is 11.4. The molecule has 1 amide bonds. The van der Waals surface area contributed by atoms with E-state index in [9.17, 15) is 28.1 Å². The van der Waals surface area contributed by atoms with Gasteiger partial charge in [-0.25, -0.2) is 0 Å². The molecule has 0 atom stereocenters. The van der Waals surface area contributed by atoms with Gasteiger partial charge in [0.1, 0.15) is 23.7 Å². The highest BCUT2D eigenvalue weighted by atomic mass is 19.4. The van der Waals surface area contributed by atoms with Crippen LogP contribution in [0.1, 0.15) is 17.0 Å². The molecule has 0 spiro atoms. The van der Waals surface area contributed by atoms with E-state index in [4.69, 9.17) is 4.74 Å². The molecule has 0 aliphatic carbocycles. The van der Waals surface area contributed by atoms with Gasteiger partial charge in [-0.2, -0.15) is 18.3 Å². The highest BCUT2D eigenvalue weighted by Crippen LogP contribution is 2.31. The average Bonchev–Trinajstić information content (AvgIpc) is 3.01. The van der Waals surface area contributed by atoms with Gasteiger partial charge in [0.25, 0.3) is 5.69 Å². The lowest BCUT2D eigenvalue weighted by Crippen LogP contribution is -2.23. The van der Waals surface area contributed by atoms with Gasteiger partial charge < -0.3 is 10.1 Å². The number of anilines is 1. The van der Waals surface area contributed by atoms with E-state index in [1.54, 1.807) is 18.2 Å². The van der Waals surface area contributed by atoms with Crippen LogP contribution in [0.2, 0.25) is 0 Å². The SMILES string of the molecule is Cc1cccc(Oc2cc(NC(=O)Cn3nc(C)cc3C(F)(F)F)cc([N+](=O)[O-])c2)c1. The normalized spacial score (nSPS) is 11.3. The van der Waals surface area contributed by atoms with Gasteiger partial charge in [-0.3, -0.25) is 19.6 Å². The third-order valence-corrected chi connectivity index (χ3v) is 4.10. The Morgan fingerprint density at radius 3 is 2.55 bits per heavy atom. The molecular weight excluding hydrogens is 417 g/mol. The van der Waals surface area contributed by atoms with Crippen molar-refractivity contribution in [3.05, 3.63) is 75.6 Å². The molecule has 0 bridgehead atoms. The van der Waals surface area contributed by atoms with Crippen LogP contribution >= 0.6 is 0 Å². The standard InChI is InChI=1S/C20H17F3N4O4/c1-12-4-3-5-16(6-12)31-17-9-14(8-15(10-17)27(29)30)24-19(28)11-26-18(20(21,22)23)7-13(2)25-26/h3-10H,11H2,1-2H3,(H,24,28). The van der Waals surface area contributed by atoms with Crippen LogP contribution in [0.3, 0.4) is 0 Å². The van der Waals surface area contributed by atoms with Crippen molar-refractivity contribution in [2.75, 3.05) is 5.32 Å². The predicted octanol–water partition coefficient (Wildman–Crippen LogP) is 4.86. The van der Waals surface area contributed by atoms with Gasteiger partial charge in [-0.15, -0.1) is 0 Å². The number of carbonyl (C=O) groups excluding carboxylic acids is 1. The van der Waals surface area contributed by atoms with Crippen molar-refractivity contribution < 1.29 is 27.6 Å². The number of non-ortho nitro benzene ring substituents is 1. The van der Waals surface area contributed by atoms with Crippen LogP contribution in [-0.2, 0) is 17.5 Å². The van der Waals surface area contributed by atoms with Gasteiger partial charge in [0, 0.05) is 12.1 Å². The van der Waals surface area contributed by atoms with Crippen LogP contribution in [0, 0.1) is 24.0 Å². The molecule has 0 radical (unpaired) electrons. The summed E-state index contributed by atoms with van der Waals surface area (Å²) in [4.78, 5) is 22.9. The number of aryl methyl sites for hydroxylation is 2. The van der Waals surface area contributed by atoms with Crippen molar-refractivity contribution in [3.8, 4) is 11.5 Å². The number of aromatic nitrogens is 2. The molecule has 31 heavy (non-hydrogen) atoms. The van der Waals surface area contributed by atoms with Gasteiger partial charge in [0.2, 0.25) is 5.91 Å². The number of nitro groups is 1. The third-order valence-electron chi connectivity index (χ3n) is 4.10. The van der Waals surface area contributed by atoms with Crippen molar-refractivity contribution >= 4 is 17.3 Å². The zero-order chi connectivity index (χ0) is 22.8. The number of alkyl halides is 3. The molecule has 162 valence electrons. The molecule has 0 fully saturated rings. The number of nitrogens with one attached hydrogen (secondary N) is 1. The minimum atomic E-state index is -4.68. The first-order valence-electron chi connectivity index (χ1n) is 8.97. The molecule has 0 unspecified atom stereocenters. The molecule has 1 N–H and O–H groups in total. The summed E-state index contributed by atoms with van der Waals surface area (Å²) in [5.74, 6) is -0.323. The van der Waals surface area contributed by atoms with Crippen molar-refractivity contribution in [1.82, 2.24) is 9.78 Å². The maximum absolute atomic E-state index is 13.1. The molecule has 0 saturated heterocycles. The predicted molar refractivity (Wildman–Crippen MR) is 105 cm³/mol. The Hall–Kier alpha value is -3.89. The first-order chi connectivity index (χ1) is 14.5. The number of rotatable bonds is 6. The summed E-state index contributed by atoms with van der Waals surface area (Å²) in [6.07, 6.45) is -4.68. The number of benzene rings is 2. The Balaban J connectivity index is 1.83. The lowest BCUT2D eigenvalue weighted by molar-refractivity contribution is -0.384. The number of halogens is 3. The largest absolute Gasteiger partial charge is 0.457 e. The van der Waals surface area contributed by atoms with Crippen molar-refractivity contribution in [2.24, 2.45) is 0 Å². The fraction of sp³-hybridized carbons (Fsp3) is 0.200. The van der Waals surface area contributed by atoms with Crippen LogP contribution in [0.4, 0.5) is 24.5 Å². The Morgan fingerprint density at radius 2 is 1.90 bits per heavy atom. The summed E-state index contributed by atoms with van der Waals surface area (Å²) < 4.78 is 45.4. The van der Waals surface area contributed by atoms with E-state index < -0.39 is 29.2 Å². The number of hydrogen-bond acceptors (Lipinski definition) is 5. The fourth-order valence-corrected chi connectivity index (χ4v) is 2.87. The monoisotopic (exact) mass is 434 g/mol. The van der Waals surface area contributed by atoms with Crippen LogP contribution < -0.4 is 10.1 Å². The lowest BCUT2D eigenvalue weighted by Gasteiger charge is -2.12. The van der Waals surface area contributed by atoms with Crippen molar-refractivity contribution in [2.45, 2.75) is 26.6 Å². The molecule has 2 aromatic carbocycles. The first-order valence-corrected chi connectivity index (χ1v) is 8.97. The van der Waals surface area contributed by atoms with Gasteiger partial charge in [-0.05, 0) is 37.6 Å². The van der Waals surface area contributed by atoms with Crippen molar-refractivity contribution in [1.29, 1.82) is 0 Å². The summed E-state index contributed by atoms with van der Waals surface area (Å²) >= 11 is 0. The summed E-state index contributed by atoms with van der Waals surface area (Å²) in [5, 5.41) is 17.3. The number of amides is 1. The quantitative estimate of drug-likeness (QED) is 0.441. The topological polar surface area (TPSA) is 99.3 Å². The summed E-state index contributed by atoms with van der Waals surface area (Å²) in [7, 11) is 0. The second-order valence-electron chi connectivity index (χ2n) is 6.77. The Kier molecular flexibility index (Phi) is 5.95. The molecule has 8 nitrogen and oxygen atoms in total. The smallest absolute Gasteiger partial charge is 0.433 e. The van der Waals surface area contributed by atoms with E-state index in [-0.39, 0.29) is 22.8 Å². The Morgan fingerprint density at radius 1 is 1.16 bits per heavy atom. The Bertz CT molecular complexity index is 1140. The lowest BCUT2D eigenvalue weighted by atomic mass is 10.2. The Labute approximate surface area is 174 Å². The third kappa shape index (κ3) is 5.59. The number of carbonyl (C=O) groups is 1. The molecule has 1 aromatic heterocycles. The van der Waals surface area contributed by atoms with Crippen LogP contribution in [0.25, 0.3) is 0 Å². The van der Waals surface area contributed by atoms with E-state index in [2.05, 4.69) is 10.4 Å². The fourth-order valence-electron chi connectivity index (χ4n) is 2.87. The van der Waals surface area contributed by atoms with Gasteiger partial charge in [-0.1, -0.05) is 12.1 Å². The van der Waals surface area contributed by atoms with E-state index in [1.165, 1.54) is 19.1 Å².